The van der Waals surface area contributed by atoms with Crippen LogP contribution in [-0.2, 0) is 6.54 Å². The summed E-state index contributed by atoms with van der Waals surface area (Å²) in [5, 5.41) is 4.25. The second-order valence-corrected chi connectivity index (χ2v) is 4.42. The van der Waals surface area contributed by atoms with E-state index in [9.17, 15) is 4.39 Å². The fourth-order valence-corrected chi connectivity index (χ4v) is 2.13. The van der Waals surface area contributed by atoms with Crippen LogP contribution in [0.3, 0.4) is 0 Å². The Labute approximate surface area is 115 Å². The molecule has 0 amide bonds. The third kappa shape index (κ3) is 2.30. The van der Waals surface area contributed by atoms with E-state index in [-0.39, 0.29) is 11.6 Å². The van der Waals surface area contributed by atoms with E-state index in [0.717, 1.165) is 16.6 Å². The summed E-state index contributed by atoms with van der Waals surface area (Å²) in [7, 11) is 1.45. The quantitative estimate of drug-likeness (QED) is 0.765. The molecule has 0 aliphatic carbocycles. The Morgan fingerprint density at radius 1 is 1.35 bits per heavy atom. The van der Waals surface area contributed by atoms with Gasteiger partial charge < -0.3 is 15.0 Å². The Morgan fingerprint density at radius 3 is 3.05 bits per heavy atom. The molecule has 0 saturated heterocycles. The minimum atomic E-state index is -0.377. The molecule has 0 unspecified atom stereocenters. The number of pyridine rings is 1. The molecule has 0 aliphatic heterocycles. The minimum absolute atomic E-state index is 0.242. The maximum absolute atomic E-state index is 13.6. The molecule has 0 fully saturated rings. The van der Waals surface area contributed by atoms with E-state index in [0.29, 0.717) is 12.2 Å². The Balaban J connectivity index is 1.78. The first-order chi connectivity index (χ1) is 9.78. The summed E-state index contributed by atoms with van der Waals surface area (Å²) in [5.41, 5.74) is 2.65. The number of methoxy groups -OCH3 is 1. The van der Waals surface area contributed by atoms with Gasteiger partial charge in [-0.25, -0.2) is 9.37 Å². The van der Waals surface area contributed by atoms with Crippen LogP contribution in [0.5, 0.6) is 5.75 Å². The smallest absolute Gasteiger partial charge is 0.167 e. The molecule has 2 heterocycles. The maximum Gasteiger partial charge on any atom is 0.167 e. The van der Waals surface area contributed by atoms with Crippen LogP contribution >= 0.6 is 0 Å². The van der Waals surface area contributed by atoms with Crippen molar-refractivity contribution < 1.29 is 9.13 Å². The number of H-pyrrole nitrogens is 1. The van der Waals surface area contributed by atoms with Crippen LogP contribution in [0, 0.1) is 5.82 Å². The highest BCUT2D eigenvalue weighted by molar-refractivity contribution is 5.79. The number of hydrogen-bond acceptors (Lipinski definition) is 3. The van der Waals surface area contributed by atoms with E-state index in [4.69, 9.17) is 4.74 Å². The number of benzene rings is 1. The molecule has 4 nitrogen and oxygen atoms in total. The lowest BCUT2D eigenvalue weighted by Crippen LogP contribution is -1.99. The van der Waals surface area contributed by atoms with Gasteiger partial charge in [-0.3, -0.25) is 0 Å². The van der Waals surface area contributed by atoms with Gasteiger partial charge in [-0.05, 0) is 29.8 Å². The first kappa shape index (κ1) is 12.5. The lowest BCUT2D eigenvalue weighted by molar-refractivity contribution is 0.386. The summed E-state index contributed by atoms with van der Waals surface area (Å²) in [5.74, 6) is -0.134. The molecule has 3 rings (SSSR count). The fraction of sp³-hybridized carbons (Fsp3) is 0.133. The molecule has 102 valence electrons. The summed E-state index contributed by atoms with van der Waals surface area (Å²) in [6.07, 6.45) is 3.65. The van der Waals surface area contributed by atoms with Crippen molar-refractivity contribution in [1.29, 1.82) is 0 Å². The minimum Gasteiger partial charge on any atom is -0.494 e. The van der Waals surface area contributed by atoms with Crippen molar-refractivity contribution >= 4 is 16.7 Å². The first-order valence-corrected chi connectivity index (χ1v) is 6.26. The lowest BCUT2D eigenvalue weighted by atomic mass is 10.2. The molecule has 1 aromatic carbocycles. The van der Waals surface area contributed by atoms with Crippen LogP contribution in [0.25, 0.3) is 11.0 Å². The van der Waals surface area contributed by atoms with Gasteiger partial charge in [0.05, 0.1) is 7.11 Å². The Hall–Kier alpha value is -2.56. The van der Waals surface area contributed by atoms with Crippen molar-refractivity contribution in [2.75, 3.05) is 12.4 Å². The van der Waals surface area contributed by atoms with Gasteiger partial charge in [0.1, 0.15) is 5.65 Å². The predicted octanol–water partition coefficient (Wildman–Crippen LogP) is 3.32. The number of aromatic nitrogens is 2. The zero-order valence-electron chi connectivity index (χ0n) is 11.0. The highest BCUT2D eigenvalue weighted by atomic mass is 19.1. The molecule has 0 saturated carbocycles. The molecular formula is C15H14FN3O. The van der Waals surface area contributed by atoms with Crippen LogP contribution in [0.2, 0.25) is 0 Å². The highest BCUT2D eigenvalue weighted by Gasteiger charge is 2.06. The van der Waals surface area contributed by atoms with E-state index >= 15 is 0 Å². The Kier molecular flexibility index (Phi) is 3.25. The molecule has 20 heavy (non-hydrogen) atoms. The summed E-state index contributed by atoms with van der Waals surface area (Å²) < 4.78 is 18.5. The van der Waals surface area contributed by atoms with Crippen molar-refractivity contribution in [2.45, 2.75) is 6.54 Å². The second kappa shape index (κ2) is 5.21. The average molecular weight is 271 g/mol. The van der Waals surface area contributed by atoms with Gasteiger partial charge in [0.25, 0.3) is 0 Å². The molecular weight excluding hydrogens is 257 g/mol. The van der Waals surface area contributed by atoms with E-state index < -0.39 is 0 Å². The SMILES string of the molecule is COc1ccc(NCc2c[nH]c3ncccc23)cc1F. The summed E-state index contributed by atoms with van der Waals surface area (Å²) >= 11 is 0. The van der Waals surface area contributed by atoms with Crippen molar-refractivity contribution in [3.05, 3.63) is 54.1 Å². The van der Waals surface area contributed by atoms with Crippen LogP contribution in [0.4, 0.5) is 10.1 Å². The van der Waals surface area contributed by atoms with Crippen molar-refractivity contribution in [3.8, 4) is 5.75 Å². The second-order valence-electron chi connectivity index (χ2n) is 4.42. The fourth-order valence-electron chi connectivity index (χ4n) is 2.13. The standard InChI is InChI=1S/C15H14FN3O/c1-20-14-5-4-11(7-13(14)16)18-8-10-9-19-15-12(10)3-2-6-17-15/h2-7,9,18H,8H2,1H3,(H,17,19). The number of nitrogens with one attached hydrogen (secondary N) is 2. The first-order valence-electron chi connectivity index (χ1n) is 6.26. The van der Waals surface area contributed by atoms with Crippen LogP contribution in [0.1, 0.15) is 5.56 Å². The number of anilines is 1. The molecule has 0 bridgehead atoms. The molecule has 0 radical (unpaired) electrons. The number of fused-ring (bicyclic) bond motifs is 1. The van der Waals surface area contributed by atoms with E-state index in [2.05, 4.69) is 15.3 Å². The number of halogens is 1. The molecule has 2 N–H and O–H groups in total. The van der Waals surface area contributed by atoms with Gasteiger partial charge in [-0.2, -0.15) is 0 Å². The lowest BCUT2D eigenvalue weighted by Gasteiger charge is -2.07. The van der Waals surface area contributed by atoms with Gasteiger partial charge in [-0.15, -0.1) is 0 Å². The van der Waals surface area contributed by atoms with E-state index in [1.54, 1.807) is 18.3 Å². The topological polar surface area (TPSA) is 49.9 Å². The Bertz CT molecular complexity index is 739. The number of hydrogen-bond donors (Lipinski definition) is 2. The van der Waals surface area contributed by atoms with E-state index in [1.807, 2.05) is 18.3 Å². The number of rotatable bonds is 4. The van der Waals surface area contributed by atoms with Crippen molar-refractivity contribution in [1.82, 2.24) is 9.97 Å². The van der Waals surface area contributed by atoms with Crippen molar-refractivity contribution in [3.63, 3.8) is 0 Å². The molecule has 0 atom stereocenters. The van der Waals surface area contributed by atoms with E-state index in [1.165, 1.54) is 13.2 Å². The molecule has 0 aliphatic rings. The monoisotopic (exact) mass is 271 g/mol. The van der Waals surface area contributed by atoms with Gasteiger partial charge in [0.2, 0.25) is 0 Å². The average Bonchev–Trinajstić information content (AvgIpc) is 2.88. The summed E-state index contributed by atoms with van der Waals surface area (Å²) in [6, 6.07) is 8.71. The van der Waals surface area contributed by atoms with Gasteiger partial charge in [0.15, 0.2) is 11.6 Å². The maximum atomic E-state index is 13.6. The van der Waals surface area contributed by atoms with Crippen LogP contribution in [0.15, 0.2) is 42.7 Å². The zero-order valence-corrected chi connectivity index (χ0v) is 11.0. The molecule has 2 aromatic heterocycles. The van der Waals surface area contributed by atoms with Crippen LogP contribution in [-0.4, -0.2) is 17.1 Å². The number of aromatic amines is 1. The molecule has 0 spiro atoms. The van der Waals surface area contributed by atoms with Gasteiger partial charge in [-0.1, -0.05) is 0 Å². The third-order valence-corrected chi connectivity index (χ3v) is 3.17. The predicted molar refractivity (Wildman–Crippen MR) is 76.4 cm³/mol. The van der Waals surface area contributed by atoms with Crippen LogP contribution < -0.4 is 10.1 Å². The largest absolute Gasteiger partial charge is 0.494 e. The Morgan fingerprint density at radius 2 is 2.25 bits per heavy atom. The highest BCUT2D eigenvalue weighted by Crippen LogP contribution is 2.22. The summed E-state index contributed by atoms with van der Waals surface area (Å²) in [6.45, 7) is 0.595. The number of nitrogens with zero attached hydrogens (tertiary/aromatic N) is 1. The van der Waals surface area contributed by atoms with Gasteiger partial charge in [0, 0.05) is 36.1 Å². The number of ether oxygens (including phenoxy) is 1. The summed E-state index contributed by atoms with van der Waals surface area (Å²) in [4.78, 5) is 7.34. The van der Waals surface area contributed by atoms with Gasteiger partial charge >= 0.3 is 0 Å². The third-order valence-electron chi connectivity index (χ3n) is 3.17. The normalized spacial score (nSPS) is 10.7. The molecule has 3 aromatic rings. The molecule has 5 heteroatoms. The van der Waals surface area contributed by atoms with Crippen molar-refractivity contribution in [2.24, 2.45) is 0 Å². The zero-order chi connectivity index (χ0) is 13.9.